The number of carboxylic acid groups (broad SMARTS) is 2. The van der Waals surface area contributed by atoms with Crippen molar-refractivity contribution in [2.75, 3.05) is 0 Å². The van der Waals surface area contributed by atoms with Crippen LogP contribution in [0.25, 0.3) is 0 Å². The Balaban J connectivity index is -0.000000480. The van der Waals surface area contributed by atoms with Gasteiger partial charge in [-0.3, -0.25) is 0 Å². The number of carbonyl (C=O) groups is 2. The largest absolute Gasteiger partial charge is 2.00 e. The predicted octanol–water partition coefficient (Wildman–Crippen LogP) is -6.50. The Morgan fingerprint density at radius 2 is 1.20 bits per heavy atom. The van der Waals surface area contributed by atoms with Gasteiger partial charge in [-0.25, -0.2) is 19.6 Å². The molecule has 1 aromatic heterocycles. The van der Waals surface area contributed by atoms with Crippen LogP contribution in [0.1, 0.15) is 21.0 Å². The fourth-order valence-electron chi connectivity index (χ4n) is 0.549. The zero-order chi connectivity index (χ0) is 9.14. The molecule has 0 atom stereocenters. The van der Waals surface area contributed by atoms with Gasteiger partial charge in [-0.1, -0.05) is 0 Å². The van der Waals surface area contributed by atoms with Crippen molar-refractivity contribution in [2.45, 2.75) is 0 Å². The van der Waals surface area contributed by atoms with Gasteiger partial charge >= 0.3 is 49.7 Å². The summed E-state index contributed by atoms with van der Waals surface area (Å²) in [7, 11) is 0. The number of halogens is 2. The molecule has 0 aliphatic carbocycles. The van der Waals surface area contributed by atoms with E-state index in [1.807, 2.05) is 0 Å². The van der Waals surface area contributed by atoms with Crippen molar-refractivity contribution in [1.29, 1.82) is 0 Å². The minimum Gasteiger partial charge on any atom is -1.00 e. The Morgan fingerprint density at radius 3 is 1.33 bits per heavy atom. The number of hydrogen-bond donors (Lipinski definition) is 2. The van der Waals surface area contributed by atoms with Crippen molar-refractivity contribution < 1.29 is 67.8 Å². The van der Waals surface area contributed by atoms with Gasteiger partial charge in [0.2, 0.25) is 0 Å². The maximum atomic E-state index is 10.2. The molecular formula is C6H4CaI2N2O4. The van der Waals surface area contributed by atoms with E-state index in [0.29, 0.717) is 0 Å². The van der Waals surface area contributed by atoms with E-state index in [1.165, 1.54) is 0 Å². The predicted molar refractivity (Wildman–Crippen MR) is 41.7 cm³/mol. The van der Waals surface area contributed by atoms with Crippen LogP contribution in [0.4, 0.5) is 0 Å². The van der Waals surface area contributed by atoms with Gasteiger partial charge in [-0.2, -0.15) is 0 Å². The van der Waals surface area contributed by atoms with E-state index in [2.05, 4.69) is 9.97 Å². The van der Waals surface area contributed by atoms with Crippen molar-refractivity contribution in [3.63, 3.8) is 0 Å². The summed E-state index contributed by atoms with van der Waals surface area (Å²) in [6, 6.07) is 0. The first-order valence-electron chi connectivity index (χ1n) is 2.90. The van der Waals surface area contributed by atoms with Gasteiger partial charge in [0.1, 0.15) is 0 Å². The minimum atomic E-state index is -1.24. The molecule has 0 bridgehead atoms. The van der Waals surface area contributed by atoms with E-state index in [9.17, 15) is 9.59 Å². The molecule has 0 radical (unpaired) electrons. The van der Waals surface area contributed by atoms with Crippen molar-refractivity contribution in [3.05, 3.63) is 23.8 Å². The molecule has 0 saturated carbocycles. The fraction of sp³-hybridized carbons (Fsp3) is 0. The Kier molecular flexibility index (Phi) is 13.9. The molecule has 1 rings (SSSR count). The monoisotopic (exact) mass is 462 g/mol. The van der Waals surface area contributed by atoms with Crippen LogP contribution in [0.5, 0.6) is 0 Å². The second-order valence-corrected chi connectivity index (χ2v) is 1.90. The average molecular weight is 462 g/mol. The van der Waals surface area contributed by atoms with Crippen LogP contribution in [0.15, 0.2) is 12.4 Å². The summed E-state index contributed by atoms with van der Waals surface area (Å²) in [4.78, 5) is 27.2. The van der Waals surface area contributed by atoms with Crippen LogP contribution in [0.3, 0.4) is 0 Å². The molecule has 0 saturated heterocycles. The Morgan fingerprint density at radius 1 is 0.933 bits per heavy atom. The molecule has 0 spiro atoms. The van der Waals surface area contributed by atoms with E-state index in [-0.39, 0.29) is 97.1 Å². The Bertz CT molecular complexity index is 299. The number of aromatic nitrogens is 2. The zero-order valence-electron chi connectivity index (χ0n) is 7.22. The molecule has 2 N–H and O–H groups in total. The van der Waals surface area contributed by atoms with Gasteiger partial charge in [0.05, 0.1) is 12.4 Å². The molecule has 78 valence electrons. The van der Waals surface area contributed by atoms with E-state index < -0.39 is 11.9 Å². The maximum Gasteiger partial charge on any atom is 2.00 e. The normalized spacial score (nSPS) is 7.47. The number of rotatable bonds is 2. The van der Waals surface area contributed by atoms with Gasteiger partial charge in [-0.15, -0.1) is 0 Å². The van der Waals surface area contributed by atoms with Crippen LogP contribution in [0.2, 0.25) is 0 Å². The van der Waals surface area contributed by atoms with E-state index >= 15 is 0 Å². The summed E-state index contributed by atoms with van der Waals surface area (Å²) >= 11 is 0. The topological polar surface area (TPSA) is 100 Å². The summed E-state index contributed by atoms with van der Waals surface area (Å²) in [5, 5.41) is 16.7. The van der Waals surface area contributed by atoms with E-state index in [4.69, 9.17) is 10.2 Å². The molecule has 0 amide bonds. The molecule has 0 aliphatic rings. The van der Waals surface area contributed by atoms with Crippen molar-refractivity contribution in [1.82, 2.24) is 9.97 Å². The van der Waals surface area contributed by atoms with E-state index in [0.717, 1.165) is 12.4 Å². The van der Waals surface area contributed by atoms with Gasteiger partial charge in [0, 0.05) is 0 Å². The quantitative estimate of drug-likeness (QED) is 0.335. The Hall–Kier alpha value is 0.740. The standard InChI is InChI=1S/C6H4N2O4.Ca.2HI/c9-5(10)3-1-7-4(2-8-3)6(11)12;;;/h1-2H,(H,9,10)(H,11,12);;2*1H/q;+2;;/p-2. The summed E-state index contributed by atoms with van der Waals surface area (Å²) in [5.74, 6) is -2.47. The summed E-state index contributed by atoms with van der Waals surface area (Å²) in [6.45, 7) is 0. The zero-order valence-corrected chi connectivity index (χ0v) is 13.7. The number of carboxylic acids is 2. The molecule has 15 heavy (non-hydrogen) atoms. The van der Waals surface area contributed by atoms with Crippen LogP contribution >= 0.6 is 0 Å². The molecule has 6 nitrogen and oxygen atoms in total. The minimum absolute atomic E-state index is 0. The molecule has 9 heteroatoms. The summed E-state index contributed by atoms with van der Waals surface area (Å²) in [6.07, 6.45) is 1.79. The van der Waals surface area contributed by atoms with E-state index in [1.54, 1.807) is 0 Å². The SMILES string of the molecule is O=C(O)c1cnc(C(=O)O)cn1.[Ca+2].[I-].[I-]. The first kappa shape index (κ1) is 21.1. The molecule has 0 aliphatic heterocycles. The third-order valence-corrected chi connectivity index (χ3v) is 1.09. The Labute approximate surface area is 149 Å². The van der Waals surface area contributed by atoms with Crippen molar-refractivity contribution in [2.24, 2.45) is 0 Å². The van der Waals surface area contributed by atoms with Crippen LogP contribution < -0.4 is 48.0 Å². The maximum absolute atomic E-state index is 10.2. The van der Waals surface area contributed by atoms with Crippen molar-refractivity contribution >= 4 is 49.7 Å². The summed E-state index contributed by atoms with van der Waals surface area (Å²) < 4.78 is 0. The molecule has 0 unspecified atom stereocenters. The van der Waals surface area contributed by atoms with Gasteiger partial charge in [0.15, 0.2) is 11.4 Å². The fourth-order valence-corrected chi connectivity index (χ4v) is 0.549. The van der Waals surface area contributed by atoms with Gasteiger partial charge in [0.25, 0.3) is 0 Å². The van der Waals surface area contributed by atoms with Crippen LogP contribution in [0, 0.1) is 0 Å². The molecule has 0 fully saturated rings. The molecule has 1 heterocycles. The van der Waals surface area contributed by atoms with Gasteiger partial charge in [-0.05, 0) is 0 Å². The van der Waals surface area contributed by atoms with Crippen molar-refractivity contribution in [3.8, 4) is 0 Å². The second kappa shape index (κ2) is 9.93. The molecule has 1 aromatic rings. The number of hydrogen-bond acceptors (Lipinski definition) is 4. The number of nitrogens with zero attached hydrogens (tertiary/aromatic N) is 2. The van der Waals surface area contributed by atoms with Crippen LogP contribution in [-0.4, -0.2) is 69.9 Å². The summed E-state index contributed by atoms with van der Waals surface area (Å²) in [5.41, 5.74) is -0.556. The molecule has 0 aromatic carbocycles. The molecular weight excluding hydrogens is 458 g/mol. The van der Waals surface area contributed by atoms with Gasteiger partial charge < -0.3 is 58.2 Å². The van der Waals surface area contributed by atoms with Crippen LogP contribution in [-0.2, 0) is 0 Å². The first-order valence-corrected chi connectivity index (χ1v) is 2.90. The third-order valence-electron chi connectivity index (χ3n) is 1.09. The first-order chi connectivity index (χ1) is 5.61. The average Bonchev–Trinajstić information content (AvgIpc) is 2.04. The number of aromatic carboxylic acids is 2. The second-order valence-electron chi connectivity index (χ2n) is 1.90. The smallest absolute Gasteiger partial charge is 1.00 e. The third kappa shape index (κ3) is 6.81.